The van der Waals surface area contributed by atoms with Crippen molar-refractivity contribution < 1.29 is 0 Å². The number of piperazine rings is 1. The van der Waals surface area contributed by atoms with Gasteiger partial charge in [-0.15, -0.1) is 0 Å². The molecular formula is C11H14N4. The quantitative estimate of drug-likeness (QED) is 0.730. The molecule has 0 bridgehead atoms. The number of nitrogens with one attached hydrogen (secondary N) is 1. The molecule has 0 aromatic carbocycles. The molecule has 0 amide bonds. The Balaban J connectivity index is 2.25. The third kappa shape index (κ3) is 2.08. The second-order valence-corrected chi connectivity index (χ2v) is 3.81. The van der Waals surface area contributed by atoms with Gasteiger partial charge in [-0.25, -0.2) is 0 Å². The van der Waals surface area contributed by atoms with Crippen LogP contribution in [0.25, 0.3) is 0 Å². The molecule has 1 saturated heterocycles. The van der Waals surface area contributed by atoms with Crippen molar-refractivity contribution in [1.82, 2.24) is 10.3 Å². The molecule has 2 rings (SSSR count). The zero-order valence-electron chi connectivity index (χ0n) is 8.77. The maximum Gasteiger partial charge on any atom is 0.101 e. The molecule has 1 fully saturated rings. The predicted molar refractivity (Wildman–Crippen MR) is 58.6 cm³/mol. The summed E-state index contributed by atoms with van der Waals surface area (Å²) in [5.74, 6) is 0. The van der Waals surface area contributed by atoms with Gasteiger partial charge in [-0.2, -0.15) is 5.26 Å². The van der Waals surface area contributed by atoms with Crippen LogP contribution >= 0.6 is 0 Å². The first kappa shape index (κ1) is 9.94. The van der Waals surface area contributed by atoms with E-state index in [9.17, 15) is 0 Å². The van der Waals surface area contributed by atoms with Crippen molar-refractivity contribution in [3.63, 3.8) is 0 Å². The van der Waals surface area contributed by atoms with Gasteiger partial charge < -0.3 is 10.2 Å². The Morgan fingerprint density at radius 2 is 2.53 bits per heavy atom. The molecule has 0 radical (unpaired) electrons. The lowest BCUT2D eigenvalue weighted by Gasteiger charge is -2.33. The normalized spacial score (nSPS) is 21.1. The van der Waals surface area contributed by atoms with Gasteiger partial charge in [0.05, 0.1) is 17.4 Å². The monoisotopic (exact) mass is 202 g/mol. The highest BCUT2D eigenvalue weighted by Gasteiger charge is 2.18. The van der Waals surface area contributed by atoms with Crippen molar-refractivity contribution in [2.24, 2.45) is 0 Å². The van der Waals surface area contributed by atoms with E-state index >= 15 is 0 Å². The fraction of sp³-hybridized carbons (Fsp3) is 0.455. The molecule has 78 valence electrons. The first-order valence-corrected chi connectivity index (χ1v) is 5.13. The van der Waals surface area contributed by atoms with Crippen LogP contribution < -0.4 is 10.2 Å². The summed E-state index contributed by atoms with van der Waals surface area (Å²) in [5.41, 5.74) is 1.66. The number of rotatable bonds is 1. The summed E-state index contributed by atoms with van der Waals surface area (Å²) in [6.07, 6.45) is 3.43. The number of hydrogen-bond acceptors (Lipinski definition) is 4. The van der Waals surface area contributed by atoms with Crippen LogP contribution in [0.5, 0.6) is 0 Å². The lowest BCUT2D eigenvalue weighted by molar-refractivity contribution is 0.484. The van der Waals surface area contributed by atoms with Crippen molar-refractivity contribution in [3.05, 3.63) is 24.0 Å². The number of nitrogens with zero attached hydrogens (tertiary/aromatic N) is 3. The first-order valence-electron chi connectivity index (χ1n) is 5.13. The summed E-state index contributed by atoms with van der Waals surface area (Å²) in [7, 11) is 0. The smallest absolute Gasteiger partial charge is 0.101 e. The molecule has 2 heterocycles. The van der Waals surface area contributed by atoms with Crippen LogP contribution in [-0.2, 0) is 0 Å². The van der Waals surface area contributed by atoms with Crippen molar-refractivity contribution >= 4 is 5.69 Å². The van der Waals surface area contributed by atoms with Crippen molar-refractivity contribution in [1.29, 1.82) is 5.26 Å². The third-order valence-corrected chi connectivity index (χ3v) is 2.63. The van der Waals surface area contributed by atoms with E-state index in [1.54, 1.807) is 18.5 Å². The highest BCUT2D eigenvalue weighted by atomic mass is 15.2. The zero-order chi connectivity index (χ0) is 10.7. The summed E-state index contributed by atoms with van der Waals surface area (Å²) in [6.45, 7) is 4.97. The summed E-state index contributed by atoms with van der Waals surface area (Å²) < 4.78 is 0. The highest BCUT2D eigenvalue weighted by molar-refractivity contribution is 5.57. The Kier molecular flexibility index (Phi) is 2.84. The van der Waals surface area contributed by atoms with Gasteiger partial charge in [0.2, 0.25) is 0 Å². The Morgan fingerprint density at radius 1 is 1.67 bits per heavy atom. The molecular weight excluding hydrogens is 188 g/mol. The van der Waals surface area contributed by atoms with Crippen molar-refractivity contribution in [2.45, 2.75) is 13.0 Å². The molecule has 4 heteroatoms. The van der Waals surface area contributed by atoms with Crippen LogP contribution in [0.4, 0.5) is 5.69 Å². The van der Waals surface area contributed by atoms with Gasteiger partial charge in [-0.05, 0) is 13.0 Å². The van der Waals surface area contributed by atoms with Crippen LogP contribution in [0, 0.1) is 11.3 Å². The molecule has 1 aromatic heterocycles. The van der Waals surface area contributed by atoms with Gasteiger partial charge in [0.1, 0.15) is 6.07 Å². The standard InChI is InChI=1S/C11H14N4/c1-9-8-15(5-4-14-9)11-7-13-3-2-10(11)6-12/h2-3,7,9,14H,4-5,8H2,1H3/t9-/m0/s1. The second-order valence-electron chi connectivity index (χ2n) is 3.81. The molecule has 0 spiro atoms. The maximum atomic E-state index is 8.99. The number of hydrogen-bond donors (Lipinski definition) is 1. The third-order valence-electron chi connectivity index (χ3n) is 2.63. The Labute approximate surface area is 89.5 Å². The van der Waals surface area contributed by atoms with Crippen molar-refractivity contribution in [2.75, 3.05) is 24.5 Å². The molecule has 1 aromatic rings. The van der Waals surface area contributed by atoms with E-state index in [4.69, 9.17) is 5.26 Å². The molecule has 1 aliphatic rings. The minimum Gasteiger partial charge on any atom is -0.366 e. The average Bonchev–Trinajstić information content (AvgIpc) is 2.29. The van der Waals surface area contributed by atoms with E-state index in [1.165, 1.54) is 0 Å². The Bertz CT molecular complexity index is 382. The largest absolute Gasteiger partial charge is 0.366 e. The van der Waals surface area contributed by atoms with Gasteiger partial charge in [0.15, 0.2) is 0 Å². The lowest BCUT2D eigenvalue weighted by atomic mass is 10.1. The minimum absolute atomic E-state index is 0.463. The summed E-state index contributed by atoms with van der Waals surface area (Å²) in [4.78, 5) is 6.30. The van der Waals surface area contributed by atoms with E-state index < -0.39 is 0 Å². The fourth-order valence-corrected chi connectivity index (χ4v) is 1.88. The molecule has 4 nitrogen and oxygen atoms in total. The lowest BCUT2D eigenvalue weighted by Crippen LogP contribution is -2.49. The van der Waals surface area contributed by atoms with Crippen LogP contribution in [0.15, 0.2) is 18.5 Å². The molecule has 1 aliphatic heterocycles. The van der Waals surface area contributed by atoms with Crippen LogP contribution in [-0.4, -0.2) is 30.7 Å². The SMILES string of the molecule is C[C@H]1CN(c2cnccc2C#N)CCN1. The average molecular weight is 202 g/mol. The van der Waals surface area contributed by atoms with Gasteiger partial charge in [0.25, 0.3) is 0 Å². The Hall–Kier alpha value is -1.60. The predicted octanol–water partition coefficient (Wildman–Crippen LogP) is 0.751. The van der Waals surface area contributed by atoms with E-state index in [0.29, 0.717) is 11.6 Å². The number of nitriles is 1. The van der Waals surface area contributed by atoms with Gasteiger partial charge in [0, 0.05) is 31.9 Å². The number of anilines is 1. The molecule has 1 N–H and O–H groups in total. The van der Waals surface area contributed by atoms with Crippen molar-refractivity contribution in [3.8, 4) is 6.07 Å². The minimum atomic E-state index is 0.463. The van der Waals surface area contributed by atoms with E-state index in [2.05, 4.69) is 28.2 Å². The van der Waals surface area contributed by atoms with Gasteiger partial charge in [-0.1, -0.05) is 0 Å². The van der Waals surface area contributed by atoms with Crippen LogP contribution in [0.1, 0.15) is 12.5 Å². The fourth-order valence-electron chi connectivity index (χ4n) is 1.88. The summed E-state index contributed by atoms with van der Waals surface area (Å²) in [6, 6.07) is 4.43. The van der Waals surface area contributed by atoms with Gasteiger partial charge >= 0.3 is 0 Å². The number of aromatic nitrogens is 1. The number of pyridine rings is 1. The molecule has 0 aliphatic carbocycles. The summed E-state index contributed by atoms with van der Waals surface area (Å²) in [5, 5.41) is 12.4. The topological polar surface area (TPSA) is 52.0 Å². The molecule has 0 unspecified atom stereocenters. The molecule has 15 heavy (non-hydrogen) atoms. The summed E-state index contributed by atoms with van der Waals surface area (Å²) >= 11 is 0. The van der Waals surface area contributed by atoms with Crippen LogP contribution in [0.3, 0.4) is 0 Å². The van der Waals surface area contributed by atoms with E-state index in [1.807, 2.05) is 0 Å². The highest BCUT2D eigenvalue weighted by Crippen LogP contribution is 2.19. The molecule has 1 atom stereocenters. The molecule has 0 saturated carbocycles. The van der Waals surface area contributed by atoms with E-state index in [-0.39, 0.29) is 0 Å². The van der Waals surface area contributed by atoms with Gasteiger partial charge in [-0.3, -0.25) is 4.98 Å². The Morgan fingerprint density at radius 3 is 3.27 bits per heavy atom. The maximum absolute atomic E-state index is 8.99. The second kappa shape index (κ2) is 4.28. The zero-order valence-corrected chi connectivity index (χ0v) is 8.77. The van der Waals surface area contributed by atoms with E-state index in [0.717, 1.165) is 25.3 Å². The first-order chi connectivity index (χ1) is 7.31. The van der Waals surface area contributed by atoms with Crippen LogP contribution in [0.2, 0.25) is 0 Å².